The van der Waals surface area contributed by atoms with Gasteiger partial charge in [0.25, 0.3) is 0 Å². The summed E-state index contributed by atoms with van der Waals surface area (Å²) in [7, 11) is 0. The molecule has 1 aromatic rings. The van der Waals surface area contributed by atoms with E-state index in [2.05, 4.69) is 23.8 Å². The van der Waals surface area contributed by atoms with Crippen LogP contribution >= 0.6 is 0 Å². The zero-order chi connectivity index (χ0) is 24.6. The first kappa shape index (κ1) is 27.0. The van der Waals surface area contributed by atoms with Crippen molar-refractivity contribution in [3.8, 4) is 5.75 Å². The Kier molecular flexibility index (Phi) is 10.3. The summed E-state index contributed by atoms with van der Waals surface area (Å²) in [6.07, 6.45) is 16.0. The molecule has 1 aromatic carbocycles. The van der Waals surface area contributed by atoms with E-state index in [1.807, 2.05) is 0 Å². The molecule has 2 aliphatic carbocycles. The molecule has 6 heteroatoms. The molecule has 0 spiro atoms. The number of alkyl halides is 3. The van der Waals surface area contributed by atoms with Crippen LogP contribution < -0.4 is 4.74 Å². The van der Waals surface area contributed by atoms with E-state index >= 15 is 0 Å². The van der Waals surface area contributed by atoms with Crippen LogP contribution in [-0.4, -0.2) is 6.36 Å². The van der Waals surface area contributed by atoms with Crippen molar-refractivity contribution in [1.82, 2.24) is 0 Å². The Morgan fingerprint density at radius 3 is 1.79 bits per heavy atom. The molecule has 0 heterocycles. The number of unbranched alkanes of at least 4 members (excludes halogenated alkanes) is 1. The molecule has 2 saturated carbocycles. The summed E-state index contributed by atoms with van der Waals surface area (Å²) >= 11 is 0. The van der Waals surface area contributed by atoms with Crippen LogP contribution in [0.4, 0.5) is 22.0 Å². The lowest BCUT2D eigenvalue weighted by Crippen LogP contribution is -2.20. The van der Waals surface area contributed by atoms with Crippen molar-refractivity contribution in [3.05, 3.63) is 41.5 Å². The van der Waals surface area contributed by atoms with Gasteiger partial charge in [-0.25, -0.2) is 8.78 Å². The Bertz CT molecular complexity index is 748. The van der Waals surface area contributed by atoms with E-state index in [0.29, 0.717) is 11.5 Å². The molecule has 0 radical (unpaired) electrons. The highest BCUT2D eigenvalue weighted by Crippen LogP contribution is 2.41. The maximum Gasteiger partial charge on any atom is 0.573 e. The third-order valence-corrected chi connectivity index (χ3v) is 7.89. The quantitative estimate of drug-likeness (QED) is 0.182. The lowest BCUT2D eigenvalue weighted by Gasteiger charge is -2.32. The smallest absolute Gasteiger partial charge is 0.399 e. The van der Waals surface area contributed by atoms with Gasteiger partial charge < -0.3 is 4.74 Å². The van der Waals surface area contributed by atoms with E-state index in [-0.39, 0.29) is 5.92 Å². The molecule has 2 fully saturated rings. The first-order chi connectivity index (χ1) is 16.2. The molecular formula is C28H39F5O. The Balaban J connectivity index is 1.36. The summed E-state index contributed by atoms with van der Waals surface area (Å²) in [6, 6.07) is 2.02. The van der Waals surface area contributed by atoms with Crippen molar-refractivity contribution in [1.29, 1.82) is 0 Å². The summed E-state index contributed by atoms with van der Waals surface area (Å²) in [4.78, 5) is 0. The van der Waals surface area contributed by atoms with Crippen molar-refractivity contribution >= 4 is 0 Å². The summed E-state index contributed by atoms with van der Waals surface area (Å²) in [5.41, 5.74) is 0.437. The maximum absolute atomic E-state index is 14.1. The van der Waals surface area contributed by atoms with Gasteiger partial charge in [0.15, 0.2) is 11.6 Å². The number of hydrogen-bond donors (Lipinski definition) is 0. The van der Waals surface area contributed by atoms with Gasteiger partial charge in [-0.1, -0.05) is 64.0 Å². The van der Waals surface area contributed by atoms with Gasteiger partial charge in [0, 0.05) is 0 Å². The Morgan fingerprint density at radius 2 is 1.29 bits per heavy atom. The third kappa shape index (κ3) is 8.57. The van der Waals surface area contributed by atoms with Crippen LogP contribution in [0.15, 0.2) is 24.3 Å². The second kappa shape index (κ2) is 12.9. The molecule has 0 bridgehead atoms. The molecule has 0 saturated heterocycles. The van der Waals surface area contributed by atoms with Crippen LogP contribution in [0, 0.1) is 29.4 Å². The molecule has 0 unspecified atom stereocenters. The van der Waals surface area contributed by atoms with E-state index in [4.69, 9.17) is 0 Å². The minimum absolute atomic E-state index is 0.0113. The first-order valence-corrected chi connectivity index (χ1v) is 13.1. The van der Waals surface area contributed by atoms with E-state index in [1.54, 1.807) is 0 Å². The van der Waals surface area contributed by atoms with Gasteiger partial charge in [-0.15, -0.1) is 13.2 Å². The second-order valence-electron chi connectivity index (χ2n) is 10.4. The number of hydrogen-bond acceptors (Lipinski definition) is 1. The van der Waals surface area contributed by atoms with Crippen molar-refractivity contribution in [3.63, 3.8) is 0 Å². The maximum atomic E-state index is 14.1. The van der Waals surface area contributed by atoms with E-state index in [9.17, 15) is 22.0 Å². The number of allylic oxidation sites excluding steroid dienone is 2. The van der Waals surface area contributed by atoms with Crippen LogP contribution in [0.2, 0.25) is 0 Å². The van der Waals surface area contributed by atoms with Crippen molar-refractivity contribution < 1.29 is 26.7 Å². The summed E-state index contributed by atoms with van der Waals surface area (Å²) in [5, 5.41) is 0. The molecule has 1 nitrogen and oxygen atoms in total. The van der Waals surface area contributed by atoms with Gasteiger partial charge in [0.2, 0.25) is 5.75 Å². The van der Waals surface area contributed by atoms with Crippen LogP contribution in [0.3, 0.4) is 0 Å². The molecule has 0 N–H and O–H groups in total. The molecule has 3 rings (SSSR count). The van der Waals surface area contributed by atoms with E-state index < -0.39 is 23.7 Å². The largest absolute Gasteiger partial charge is 0.573 e. The van der Waals surface area contributed by atoms with Crippen molar-refractivity contribution in [2.24, 2.45) is 17.8 Å². The van der Waals surface area contributed by atoms with Gasteiger partial charge in [0.05, 0.1) is 0 Å². The molecule has 34 heavy (non-hydrogen) atoms. The van der Waals surface area contributed by atoms with E-state index in [1.165, 1.54) is 57.8 Å². The van der Waals surface area contributed by atoms with Gasteiger partial charge in [-0.3, -0.25) is 0 Å². The van der Waals surface area contributed by atoms with Crippen molar-refractivity contribution in [2.75, 3.05) is 0 Å². The SMILES string of the molecule is CCC=CCCCC1CCC(CCC2CCC(c3cc(F)c(OC(F)(F)F)c(F)c3)CC2)CC1. The molecular weight excluding hydrogens is 447 g/mol. The molecule has 0 aromatic heterocycles. The van der Waals surface area contributed by atoms with Crippen LogP contribution in [0.5, 0.6) is 5.75 Å². The van der Waals surface area contributed by atoms with Gasteiger partial charge in [0.1, 0.15) is 0 Å². The topological polar surface area (TPSA) is 9.23 Å². The number of rotatable bonds is 10. The highest BCUT2D eigenvalue weighted by molar-refractivity contribution is 5.33. The normalized spacial score (nSPS) is 26.2. The number of halogens is 5. The average Bonchev–Trinajstić information content (AvgIpc) is 2.80. The van der Waals surface area contributed by atoms with Gasteiger partial charge in [-0.2, -0.15) is 0 Å². The molecule has 2 aliphatic rings. The zero-order valence-electron chi connectivity index (χ0n) is 20.3. The predicted octanol–water partition coefficient (Wildman–Crippen LogP) is 9.86. The average molecular weight is 487 g/mol. The number of benzene rings is 1. The predicted molar refractivity (Wildman–Crippen MR) is 126 cm³/mol. The fraction of sp³-hybridized carbons (Fsp3) is 0.714. The second-order valence-corrected chi connectivity index (χ2v) is 10.4. The monoisotopic (exact) mass is 486 g/mol. The third-order valence-electron chi connectivity index (χ3n) is 7.89. The molecule has 192 valence electrons. The fourth-order valence-corrected chi connectivity index (χ4v) is 5.90. The Morgan fingerprint density at radius 1 is 0.794 bits per heavy atom. The van der Waals surface area contributed by atoms with Crippen LogP contribution in [-0.2, 0) is 0 Å². The minimum Gasteiger partial charge on any atom is -0.399 e. The number of ether oxygens (including phenoxy) is 1. The first-order valence-electron chi connectivity index (χ1n) is 13.1. The molecule has 0 amide bonds. The lowest BCUT2D eigenvalue weighted by molar-refractivity contribution is -0.276. The summed E-state index contributed by atoms with van der Waals surface area (Å²) < 4.78 is 68.7. The Labute approximate surface area is 201 Å². The summed E-state index contributed by atoms with van der Waals surface area (Å²) in [5.74, 6) is -1.59. The minimum atomic E-state index is -5.12. The lowest BCUT2D eigenvalue weighted by atomic mass is 9.74. The standard InChI is InChI=1S/C28H39F5O/c1-2-3-4-5-6-7-20-8-10-21(11-9-20)12-13-22-14-16-23(17-15-22)24-18-25(29)27(26(30)19-24)34-28(31,32)33/h3-4,18-23H,2,5-17H2,1H3. The molecule has 0 aliphatic heterocycles. The van der Waals surface area contributed by atoms with Crippen LogP contribution in [0.1, 0.15) is 108 Å². The molecule has 0 atom stereocenters. The highest BCUT2D eigenvalue weighted by Gasteiger charge is 2.35. The fourth-order valence-electron chi connectivity index (χ4n) is 5.90. The highest BCUT2D eigenvalue weighted by atomic mass is 19.4. The van der Waals surface area contributed by atoms with Crippen LogP contribution in [0.25, 0.3) is 0 Å². The zero-order valence-corrected chi connectivity index (χ0v) is 20.3. The van der Waals surface area contributed by atoms with Crippen molar-refractivity contribution in [2.45, 2.75) is 109 Å². The van der Waals surface area contributed by atoms with Gasteiger partial charge in [-0.05, 0) is 86.3 Å². The van der Waals surface area contributed by atoms with Gasteiger partial charge >= 0.3 is 6.36 Å². The summed E-state index contributed by atoms with van der Waals surface area (Å²) in [6.45, 7) is 2.17. The van der Waals surface area contributed by atoms with E-state index in [0.717, 1.165) is 56.1 Å². The Hall–Kier alpha value is -1.59.